The maximum atomic E-state index is 11.8. The Morgan fingerprint density at radius 1 is 1.38 bits per heavy atom. The number of anilines is 1. The van der Waals surface area contributed by atoms with Gasteiger partial charge in [0, 0.05) is 0 Å². The minimum atomic E-state index is -1.68. The van der Waals surface area contributed by atoms with Crippen molar-refractivity contribution in [2.24, 2.45) is 11.5 Å². The molecule has 0 aliphatic carbocycles. The molecule has 9 N–H and O–H groups in total. The number of aromatic nitrogens is 2. The molecule has 1 saturated heterocycles. The first-order valence-electron chi connectivity index (χ1n) is 6.22. The van der Waals surface area contributed by atoms with Crippen LogP contribution in [-0.2, 0) is 4.74 Å². The molecule has 1 aromatic rings. The first kappa shape index (κ1) is 14.2. The number of carbonyl (C=O) groups excluding carboxylic acids is 1. The standard InChI is InChI=1S/C10H16N6O5/c11-10(12)14-7-4(8(20)15-10)13-2-16(7)9-6(19)5(18)3(1-17)21-9/h2-3,5-6,9,14,17-19H,1,11-12H2,(H,15,20)/t3-,5-,6-,9-/m1/s1. The minimum Gasteiger partial charge on any atom is -0.394 e. The van der Waals surface area contributed by atoms with Crippen LogP contribution in [0.15, 0.2) is 6.33 Å². The van der Waals surface area contributed by atoms with Crippen LogP contribution in [0.3, 0.4) is 0 Å². The minimum absolute atomic E-state index is 0.0271. The number of fused-ring (bicyclic) bond motifs is 1. The number of nitrogens with zero attached hydrogens (tertiary/aromatic N) is 2. The highest BCUT2D eigenvalue weighted by Gasteiger charge is 2.45. The molecule has 0 radical (unpaired) electrons. The second kappa shape index (κ2) is 4.62. The van der Waals surface area contributed by atoms with Gasteiger partial charge in [-0.05, 0) is 0 Å². The Balaban J connectivity index is 1.97. The zero-order valence-corrected chi connectivity index (χ0v) is 10.8. The Labute approximate surface area is 118 Å². The number of amides is 1. The maximum Gasteiger partial charge on any atom is 0.277 e. The number of carbonyl (C=O) groups is 1. The molecule has 1 fully saturated rings. The van der Waals surface area contributed by atoms with Crippen molar-refractivity contribution in [3.63, 3.8) is 0 Å². The van der Waals surface area contributed by atoms with Crippen molar-refractivity contribution in [2.45, 2.75) is 30.5 Å². The average Bonchev–Trinajstić information content (AvgIpc) is 2.92. The molecule has 2 aliphatic rings. The van der Waals surface area contributed by atoms with Gasteiger partial charge in [-0.3, -0.25) is 20.8 Å². The maximum absolute atomic E-state index is 11.8. The molecule has 1 aromatic heterocycles. The van der Waals surface area contributed by atoms with E-state index in [4.69, 9.17) is 21.3 Å². The fourth-order valence-corrected chi connectivity index (χ4v) is 2.43. The molecular weight excluding hydrogens is 284 g/mol. The lowest BCUT2D eigenvalue weighted by atomic mass is 10.1. The first-order chi connectivity index (χ1) is 9.84. The smallest absolute Gasteiger partial charge is 0.277 e. The molecule has 21 heavy (non-hydrogen) atoms. The Morgan fingerprint density at radius 2 is 2.10 bits per heavy atom. The Morgan fingerprint density at radius 3 is 2.71 bits per heavy atom. The van der Waals surface area contributed by atoms with Gasteiger partial charge in [-0.25, -0.2) is 4.98 Å². The third kappa shape index (κ3) is 2.16. The fourth-order valence-electron chi connectivity index (χ4n) is 2.43. The summed E-state index contributed by atoms with van der Waals surface area (Å²) in [5.74, 6) is -2.11. The molecule has 0 aromatic carbocycles. The summed E-state index contributed by atoms with van der Waals surface area (Å²) in [6.45, 7) is -0.461. The van der Waals surface area contributed by atoms with Gasteiger partial charge in [0.15, 0.2) is 11.9 Å². The van der Waals surface area contributed by atoms with E-state index in [-0.39, 0.29) is 11.5 Å². The van der Waals surface area contributed by atoms with Crippen LogP contribution in [0.2, 0.25) is 0 Å². The van der Waals surface area contributed by atoms with E-state index in [1.165, 1.54) is 10.9 Å². The van der Waals surface area contributed by atoms with Gasteiger partial charge >= 0.3 is 0 Å². The third-order valence-corrected chi connectivity index (χ3v) is 3.45. The number of rotatable bonds is 2. The van der Waals surface area contributed by atoms with Gasteiger partial charge < -0.3 is 30.7 Å². The molecule has 0 unspecified atom stereocenters. The van der Waals surface area contributed by atoms with Gasteiger partial charge in [-0.1, -0.05) is 0 Å². The molecule has 0 saturated carbocycles. The van der Waals surface area contributed by atoms with Crippen LogP contribution < -0.4 is 22.1 Å². The second-order valence-corrected chi connectivity index (χ2v) is 5.03. The zero-order chi connectivity index (χ0) is 15.4. The van der Waals surface area contributed by atoms with Crippen molar-refractivity contribution >= 4 is 11.7 Å². The van der Waals surface area contributed by atoms with Crippen molar-refractivity contribution in [2.75, 3.05) is 11.9 Å². The summed E-state index contributed by atoms with van der Waals surface area (Å²) < 4.78 is 6.67. The third-order valence-electron chi connectivity index (χ3n) is 3.45. The van der Waals surface area contributed by atoms with Gasteiger partial charge in [0.05, 0.1) is 12.9 Å². The van der Waals surface area contributed by atoms with Gasteiger partial charge in [-0.15, -0.1) is 0 Å². The predicted octanol–water partition coefficient (Wildman–Crippen LogP) is -3.82. The summed E-state index contributed by atoms with van der Waals surface area (Å²) in [5, 5.41) is 33.8. The van der Waals surface area contributed by atoms with E-state index in [1.807, 2.05) is 0 Å². The summed E-state index contributed by atoms with van der Waals surface area (Å²) in [5.41, 5.74) is 11.3. The fraction of sp³-hybridized carbons (Fsp3) is 0.600. The topological polar surface area (TPSA) is 181 Å². The highest BCUT2D eigenvalue weighted by Crippen LogP contribution is 2.33. The van der Waals surface area contributed by atoms with Gasteiger partial charge in [0.25, 0.3) is 5.91 Å². The number of nitrogens with one attached hydrogen (secondary N) is 2. The Hall–Kier alpha value is -1.76. The zero-order valence-electron chi connectivity index (χ0n) is 10.8. The van der Waals surface area contributed by atoms with E-state index < -0.39 is 43.0 Å². The second-order valence-electron chi connectivity index (χ2n) is 5.03. The van der Waals surface area contributed by atoms with E-state index in [0.29, 0.717) is 0 Å². The van der Waals surface area contributed by atoms with Crippen molar-refractivity contribution in [1.82, 2.24) is 14.9 Å². The molecule has 0 spiro atoms. The highest BCUT2D eigenvalue weighted by atomic mass is 16.6. The summed E-state index contributed by atoms with van der Waals surface area (Å²) in [6.07, 6.45) is -3.31. The SMILES string of the molecule is NC1(N)NC(=O)c2ncn([C@@H]3O[C@H](CO)[C@@H](O)[C@H]3O)c2N1. The molecule has 3 heterocycles. The molecule has 1 amide bonds. The van der Waals surface area contributed by atoms with E-state index in [1.54, 1.807) is 0 Å². The van der Waals surface area contributed by atoms with Crippen LogP contribution >= 0.6 is 0 Å². The number of hydrogen-bond donors (Lipinski definition) is 7. The van der Waals surface area contributed by atoms with Crippen LogP contribution in [0, 0.1) is 0 Å². The van der Waals surface area contributed by atoms with Crippen molar-refractivity contribution in [3.8, 4) is 0 Å². The first-order valence-corrected chi connectivity index (χ1v) is 6.22. The summed E-state index contributed by atoms with van der Waals surface area (Å²) in [7, 11) is 0. The summed E-state index contributed by atoms with van der Waals surface area (Å²) in [4.78, 5) is 15.7. The molecule has 11 nitrogen and oxygen atoms in total. The Bertz CT molecular complexity index is 574. The largest absolute Gasteiger partial charge is 0.394 e. The number of aliphatic hydroxyl groups is 3. The van der Waals surface area contributed by atoms with Gasteiger partial charge in [-0.2, -0.15) is 0 Å². The van der Waals surface area contributed by atoms with Crippen LogP contribution in [0.1, 0.15) is 16.7 Å². The molecule has 0 bridgehead atoms. The van der Waals surface area contributed by atoms with Crippen molar-refractivity contribution in [3.05, 3.63) is 12.0 Å². The quantitative estimate of drug-likeness (QED) is 0.269. The monoisotopic (exact) mass is 300 g/mol. The van der Waals surface area contributed by atoms with E-state index in [0.717, 1.165) is 0 Å². The van der Waals surface area contributed by atoms with Crippen LogP contribution in [0.25, 0.3) is 0 Å². The van der Waals surface area contributed by atoms with Gasteiger partial charge in [0.1, 0.15) is 24.1 Å². The molecule has 2 aliphatic heterocycles. The number of ether oxygens (including phenoxy) is 1. The van der Waals surface area contributed by atoms with Gasteiger partial charge in [0.2, 0.25) is 5.91 Å². The molecule has 116 valence electrons. The van der Waals surface area contributed by atoms with E-state index in [9.17, 15) is 15.0 Å². The Kier molecular flexibility index (Phi) is 3.12. The number of hydrogen-bond acceptors (Lipinski definition) is 9. The summed E-state index contributed by atoms with van der Waals surface area (Å²) in [6, 6.07) is 0. The lowest BCUT2D eigenvalue weighted by Crippen LogP contribution is -2.70. The number of aliphatic hydroxyl groups excluding tert-OH is 3. The normalized spacial score (nSPS) is 34.2. The van der Waals surface area contributed by atoms with Crippen LogP contribution in [0.5, 0.6) is 0 Å². The van der Waals surface area contributed by atoms with E-state index >= 15 is 0 Å². The van der Waals surface area contributed by atoms with Crippen molar-refractivity contribution in [1.29, 1.82) is 0 Å². The molecular formula is C10H16N6O5. The highest BCUT2D eigenvalue weighted by molar-refractivity contribution is 5.99. The predicted molar refractivity (Wildman–Crippen MR) is 67.4 cm³/mol. The average molecular weight is 300 g/mol. The number of imidazole rings is 1. The number of nitrogens with two attached hydrogens (primary N) is 2. The van der Waals surface area contributed by atoms with Crippen LogP contribution in [0.4, 0.5) is 5.82 Å². The van der Waals surface area contributed by atoms with E-state index in [2.05, 4.69) is 15.6 Å². The summed E-state index contributed by atoms with van der Waals surface area (Å²) >= 11 is 0. The van der Waals surface area contributed by atoms with Crippen LogP contribution in [-0.4, -0.2) is 61.6 Å². The van der Waals surface area contributed by atoms with Crippen molar-refractivity contribution < 1.29 is 24.9 Å². The lowest BCUT2D eigenvalue weighted by molar-refractivity contribution is -0.0520. The lowest BCUT2D eigenvalue weighted by Gasteiger charge is -2.33. The molecule has 3 rings (SSSR count). The molecule has 4 atom stereocenters. The molecule has 11 heteroatoms.